The fourth-order valence-corrected chi connectivity index (χ4v) is 5.19. The topological polar surface area (TPSA) is 133 Å². The van der Waals surface area contributed by atoms with E-state index in [4.69, 9.17) is 4.74 Å². The van der Waals surface area contributed by atoms with Crippen molar-refractivity contribution in [3.05, 3.63) is 69.7 Å². The van der Waals surface area contributed by atoms with Crippen LogP contribution in [0.4, 0.5) is 9.59 Å². The monoisotopic (exact) mass is 493 g/mol. The summed E-state index contributed by atoms with van der Waals surface area (Å²) < 4.78 is 5.23. The van der Waals surface area contributed by atoms with Gasteiger partial charge in [-0.05, 0) is 30.0 Å². The second-order valence-electron chi connectivity index (χ2n) is 8.15. The number of benzene rings is 1. The number of hydrogen-bond acceptors (Lipinski definition) is 6. The Balaban J connectivity index is 1.43. The summed E-state index contributed by atoms with van der Waals surface area (Å²) in [6.45, 7) is 1.55. The van der Waals surface area contributed by atoms with E-state index in [1.807, 2.05) is 41.9 Å². The third kappa shape index (κ3) is 4.26. The Morgan fingerprint density at radius 2 is 1.94 bits per heavy atom. The molecule has 0 radical (unpaired) electrons. The largest absolute Gasteiger partial charge is 0.463 e. The fraction of sp³-hybridized carbons (Fsp3) is 0.250. The predicted molar refractivity (Wildman–Crippen MR) is 128 cm³/mol. The lowest BCUT2D eigenvalue weighted by Gasteiger charge is -2.29. The zero-order chi connectivity index (χ0) is 24.5. The second kappa shape index (κ2) is 9.26. The number of carbonyl (C=O) groups is 4. The summed E-state index contributed by atoms with van der Waals surface area (Å²) in [5.41, 5.74) is 2.16. The molecule has 10 nitrogen and oxygen atoms in total. The number of urea groups is 2. The zero-order valence-corrected chi connectivity index (χ0v) is 19.6. The molecule has 5 amide bonds. The van der Waals surface area contributed by atoms with Gasteiger partial charge in [0, 0.05) is 28.4 Å². The van der Waals surface area contributed by atoms with Gasteiger partial charge < -0.3 is 25.7 Å². The molecule has 2 aromatic heterocycles. The van der Waals surface area contributed by atoms with Gasteiger partial charge in [-0.25, -0.2) is 14.4 Å². The predicted octanol–water partition coefficient (Wildman–Crippen LogP) is 2.56. The Kier molecular flexibility index (Phi) is 6.00. The first-order valence-corrected chi connectivity index (χ1v) is 12.0. The van der Waals surface area contributed by atoms with Crippen molar-refractivity contribution in [3.63, 3.8) is 0 Å². The maximum atomic E-state index is 13.2. The molecule has 11 heteroatoms. The Morgan fingerprint density at radius 1 is 1.11 bits per heavy atom. The number of para-hydroxylation sites is 1. The molecule has 4 heterocycles. The van der Waals surface area contributed by atoms with Gasteiger partial charge in [-0.3, -0.25) is 9.69 Å². The minimum atomic E-state index is -0.765. The highest BCUT2D eigenvalue weighted by molar-refractivity contribution is 7.10. The molecule has 2 aliphatic rings. The molecule has 1 aromatic carbocycles. The molecule has 0 spiro atoms. The smallest absolute Gasteiger partial charge is 0.338 e. The number of thiophene rings is 1. The molecule has 2 aliphatic heterocycles. The van der Waals surface area contributed by atoms with Crippen molar-refractivity contribution in [2.24, 2.45) is 0 Å². The standard InChI is InChI=1S/C24H23N5O5S/c1-2-34-22(31)19-17(26-23(32)28-20(19)18-8-5-9-35-18)12-29-21(30)16(27-24(29)33)10-13-11-25-15-7-4-3-6-14(13)15/h3-9,11,16,20,25H,2,10,12H2,1H3,(H,27,33)(H2,26,28,32)/t16-,20-/m1/s1. The number of nitrogens with zero attached hydrogens (tertiary/aromatic N) is 1. The number of aromatic nitrogens is 1. The van der Waals surface area contributed by atoms with Crippen LogP contribution in [0.5, 0.6) is 0 Å². The number of hydrogen-bond donors (Lipinski definition) is 4. The normalized spacial score (nSPS) is 20.1. The van der Waals surface area contributed by atoms with Crippen molar-refractivity contribution < 1.29 is 23.9 Å². The number of rotatable bonds is 7. The van der Waals surface area contributed by atoms with Crippen LogP contribution in [0.1, 0.15) is 23.4 Å². The number of H-pyrrole nitrogens is 1. The van der Waals surface area contributed by atoms with Crippen LogP contribution in [0, 0.1) is 0 Å². The first-order chi connectivity index (χ1) is 17.0. The third-order valence-corrected chi connectivity index (χ3v) is 6.94. The summed E-state index contributed by atoms with van der Waals surface area (Å²) in [6, 6.07) is 8.68. The van der Waals surface area contributed by atoms with E-state index >= 15 is 0 Å². The van der Waals surface area contributed by atoms with E-state index in [0.29, 0.717) is 6.42 Å². The average Bonchev–Trinajstić information content (AvgIpc) is 3.57. The van der Waals surface area contributed by atoms with Crippen LogP contribution in [-0.2, 0) is 20.7 Å². The van der Waals surface area contributed by atoms with Gasteiger partial charge in [-0.2, -0.15) is 0 Å². The average molecular weight is 494 g/mol. The first-order valence-electron chi connectivity index (χ1n) is 11.1. The van der Waals surface area contributed by atoms with Crippen LogP contribution in [-0.4, -0.2) is 53.0 Å². The number of fused-ring (bicyclic) bond motifs is 1. The van der Waals surface area contributed by atoms with Gasteiger partial charge in [0.05, 0.1) is 30.5 Å². The molecule has 180 valence electrons. The molecule has 35 heavy (non-hydrogen) atoms. The number of carbonyl (C=O) groups excluding carboxylic acids is 4. The van der Waals surface area contributed by atoms with Gasteiger partial charge in [0.25, 0.3) is 5.91 Å². The molecule has 5 rings (SSSR count). The molecule has 0 bridgehead atoms. The number of aromatic amines is 1. The van der Waals surface area contributed by atoms with Gasteiger partial charge in [-0.1, -0.05) is 24.3 Å². The number of ether oxygens (including phenoxy) is 1. The van der Waals surface area contributed by atoms with E-state index < -0.39 is 36.0 Å². The SMILES string of the molecule is CCOC(=O)C1=C(CN2C(=O)N[C@H](Cc3c[nH]c4ccccc34)C2=O)NC(=O)N[C@@H]1c1cccs1. The first kappa shape index (κ1) is 22.7. The molecule has 0 unspecified atom stereocenters. The van der Waals surface area contributed by atoms with Crippen molar-refractivity contribution in [1.82, 2.24) is 25.8 Å². The van der Waals surface area contributed by atoms with E-state index in [1.54, 1.807) is 13.0 Å². The summed E-state index contributed by atoms with van der Waals surface area (Å²) in [5.74, 6) is -1.06. The van der Waals surface area contributed by atoms with E-state index in [0.717, 1.165) is 26.2 Å². The fourth-order valence-electron chi connectivity index (χ4n) is 4.40. The van der Waals surface area contributed by atoms with Gasteiger partial charge in [-0.15, -0.1) is 11.3 Å². The molecular formula is C24H23N5O5S. The Morgan fingerprint density at radius 3 is 2.71 bits per heavy atom. The van der Waals surface area contributed by atoms with E-state index in [-0.39, 0.29) is 24.4 Å². The lowest BCUT2D eigenvalue weighted by atomic mass is 10.0. The molecule has 0 aliphatic carbocycles. The summed E-state index contributed by atoms with van der Waals surface area (Å²) in [4.78, 5) is 56.2. The number of esters is 1. The number of nitrogens with one attached hydrogen (secondary N) is 4. The van der Waals surface area contributed by atoms with Crippen LogP contribution in [0.25, 0.3) is 10.9 Å². The summed E-state index contributed by atoms with van der Waals surface area (Å²) in [7, 11) is 0. The minimum Gasteiger partial charge on any atom is -0.463 e. The zero-order valence-electron chi connectivity index (χ0n) is 18.8. The Bertz CT molecular complexity index is 1350. The summed E-state index contributed by atoms with van der Waals surface area (Å²) in [5, 5.41) is 10.9. The molecule has 3 aromatic rings. The lowest BCUT2D eigenvalue weighted by Crippen LogP contribution is -2.49. The Labute approximate surface area is 204 Å². The van der Waals surface area contributed by atoms with Crippen LogP contribution >= 0.6 is 11.3 Å². The van der Waals surface area contributed by atoms with Crippen LogP contribution in [0.15, 0.2) is 59.2 Å². The van der Waals surface area contributed by atoms with Crippen LogP contribution in [0.2, 0.25) is 0 Å². The number of imide groups is 1. The maximum Gasteiger partial charge on any atom is 0.338 e. The van der Waals surface area contributed by atoms with Gasteiger partial charge in [0.2, 0.25) is 0 Å². The second-order valence-corrected chi connectivity index (χ2v) is 9.13. The summed E-state index contributed by atoms with van der Waals surface area (Å²) >= 11 is 1.37. The maximum absolute atomic E-state index is 13.2. The highest BCUT2D eigenvalue weighted by atomic mass is 32.1. The van der Waals surface area contributed by atoms with Gasteiger partial charge in [0.15, 0.2) is 0 Å². The molecular weight excluding hydrogens is 470 g/mol. The van der Waals surface area contributed by atoms with Crippen molar-refractivity contribution >= 4 is 46.2 Å². The number of amides is 5. The molecule has 4 N–H and O–H groups in total. The molecule has 0 saturated carbocycles. The van der Waals surface area contributed by atoms with Crippen molar-refractivity contribution in [3.8, 4) is 0 Å². The molecule has 1 fully saturated rings. The quantitative estimate of drug-likeness (QED) is 0.297. The van der Waals surface area contributed by atoms with E-state index in [2.05, 4.69) is 20.9 Å². The van der Waals surface area contributed by atoms with E-state index in [9.17, 15) is 19.2 Å². The summed E-state index contributed by atoms with van der Waals surface area (Å²) in [6.07, 6.45) is 2.13. The Hall–Kier alpha value is -4.12. The highest BCUT2D eigenvalue weighted by Crippen LogP contribution is 2.31. The lowest BCUT2D eigenvalue weighted by molar-refractivity contribution is -0.139. The van der Waals surface area contributed by atoms with Crippen molar-refractivity contribution in [1.29, 1.82) is 0 Å². The van der Waals surface area contributed by atoms with Crippen LogP contribution in [0.3, 0.4) is 0 Å². The van der Waals surface area contributed by atoms with Gasteiger partial charge >= 0.3 is 18.0 Å². The van der Waals surface area contributed by atoms with E-state index in [1.165, 1.54) is 11.3 Å². The molecule has 1 saturated heterocycles. The molecule has 2 atom stereocenters. The highest BCUT2D eigenvalue weighted by Gasteiger charge is 2.41. The van der Waals surface area contributed by atoms with Crippen molar-refractivity contribution in [2.45, 2.75) is 25.4 Å². The minimum absolute atomic E-state index is 0.135. The van der Waals surface area contributed by atoms with Crippen molar-refractivity contribution in [2.75, 3.05) is 13.2 Å². The van der Waals surface area contributed by atoms with Crippen LogP contribution < -0.4 is 16.0 Å². The third-order valence-electron chi connectivity index (χ3n) is 6.00. The van der Waals surface area contributed by atoms with Gasteiger partial charge in [0.1, 0.15) is 6.04 Å².